The number of aromatic nitrogens is 2. The largest absolute Gasteiger partial charge is 0.377 e. The first-order valence-corrected chi connectivity index (χ1v) is 8.22. The molecule has 1 saturated carbocycles. The van der Waals surface area contributed by atoms with Gasteiger partial charge in [0.25, 0.3) is 5.91 Å². The van der Waals surface area contributed by atoms with Crippen LogP contribution in [0.1, 0.15) is 29.1 Å². The number of fused-ring (bicyclic) bond motifs is 1. The maximum absolute atomic E-state index is 12.8. The highest BCUT2D eigenvalue weighted by Gasteiger charge is 2.34. The third-order valence-electron chi connectivity index (χ3n) is 4.16. The van der Waals surface area contributed by atoms with Crippen LogP contribution in [0.3, 0.4) is 0 Å². The first-order valence-electron chi connectivity index (χ1n) is 7.40. The Labute approximate surface area is 127 Å². The summed E-state index contributed by atoms with van der Waals surface area (Å²) < 4.78 is 6.58. The third-order valence-corrected chi connectivity index (χ3v) is 5.19. The Hall–Kier alpha value is -1.53. The number of ether oxygens (including phenoxy) is 1. The fourth-order valence-corrected chi connectivity index (χ4v) is 3.74. The van der Waals surface area contributed by atoms with E-state index in [0.29, 0.717) is 24.8 Å². The monoisotopic (exact) mass is 303 g/mol. The molecular formula is C15H17N3O2S. The van der Waals surface area contributed by atoms with Gasteiger partial charge in [-0.1, -0.05) is 12.8 Å². The normalized spacial score (nSPS) is 22.7. The molecule has 1 aliphatic heterocycles. The highest BCUT2D eigenvalue weighted by Crippen LogP contribution is 2.35. The van der Waals surface area contributed by atoms with Crippen LogP contribution in [0.5, 0.6) is 0 Å². The summed E-state index contributed by atoms with van der Waals surface area (Å²) in [5.74, 6) is 0.830. The minimum Gasteiger partial charge on any atom is -0.377 e. The number of thiazole rings is 1. The molecule has 0 spiro atoms. The summed E-state index contributed by atoms with van der Waals surface area (Å²) in [5, 5.41) is 0.570. The van der Waals surface area contributed by atoms with E-state index in [0.717, 1.165) is 22.6 Å². The summed E-state index contributed by atoms with van der Waals surface area (Å²) in [4.78, 5) is 23.2. The van der Waals surface area contributed by atoms with Crippen molar-refractivity contribution in [2.75, 3.05) is 19.8 Å². The molecule has 2 fully saturated rings. The van der Waals surface area contributed by atoms with Crippen LogP contribution in [0.15, 0.2) is 18.5 Å². The van der Waals surface area contributed by atoms with Gasteiger partial charge in [-0.3, -0.25) is 9.78 Å². The van der Waals surface area contributed by atoms with Crippen LogP contribution in [0.4, 0.5) is 0 Å². The topological polar surface area (TPSA) is 55.3 Å². The van der Waals surface area contributed by atoms with Gasteiger partial charge in [0, 0.05) is 12.7 Å². The van der Waals surface area contributed by atoms with Gasteiger partial charge in [0.15, 0.2) is 5.01 Å². The van der Waals surface area contributed by atoms with E-state index in [4.69, 9.17) is 4.74 Å². The molecule has 1 amide bonds. The molecule has 1 saturated heterocycles. The summed E-state index contributed by atoms with van der Waals surface area (Å²) in [6.07, 6.45) is 7.11. The minimum atomic E-state index is 0.0464. The van der Waals surface area contributed by atoms with E-state index < -0.39 is 0 Å². The summed E-state index contributed by atoms with van der Waals surface area (Å²) in [5.41, 5.74) is 0.804. The molecule has 4 rings (SSSR count). The Kier molecular flexibility index (Phi) is 3.35. The summed E-state index contributed by atoms with van der Waals surface area (Å²) in [6.45, 7) is 1.96. The minimum absolute atomic E-state index is 0.0464. The Morgan fingerprint density at radius 2 is 2.38 bits per heavy atom. The third kappa shape index (κ3) is 2.65. The smallest absolute Gasteiger partial charge is 0.283 e. The van der Waals surface area contributed by atoms with E-state index in [1.165, 1.54) is 24.2 Å². The number of carbonyl (C=O) groups excluding carboxylic acids is 1. The second-order valence-electron chi connectivity index (χ2n) is 5.77. The number of morpholine rings is 1. The maximum atomic E-state index is 12.8. The quantitative estimate of drug-likeness (QED) is 0.873. The van der Waals surface area contributed by atoms with Crippen molar-refractivity contribution in [1.29, 1.82) is 0 Å². The summed E-state index contributed by atoms with van der Waals surface area (Å²) >= 11 is 1.45. The first kappa shape index (κ1) is 13.2. The fourth-order valence-electron chi connectivity index (χ4n) is 2.85. The number of nitrogens with zero attached hydrogens (tertiary/aromatic N) is 3. The predicted molar refractivity (Wildman–Crippen MR) is 80.4 cm³/mol. The van der Waals surface area contributed by atoms with Gasteiger partial charge >= 0.3 is 0 Å². The van der Waals surface area contributed by atoms with Crippen LogP contribution < -0.4 is 0 Å². The number of hydrogen-bond acceptors (Lipinski definition) is 5. The molecule has 21 heavy (non-hydrogen) atoms. The SMILES string of the molecule is O=C(c1nc2cnccc2s1)N1CCOCC1CC1CC1. The molecule has 6 heteroatoms. The standard InChI is InChI=1S/C15H17N3O2S/c19-15(14-17-12-8-16-4-3-13(12)21-14)18-5-6-20-9-11(18)7-10-1-2-10/h3-4,8,10-11H,1-2,5-7,9H2. The van der Waals surface area contributed by atoms with Gasteiger partial charge < -0.3 is 9.64 Å². The van der Waals surface area contributed by atoms with Crippen molar-refractivity contribution in [3.8, 4) is 0 Å². The summed E-state index contributed by atoms with van der Waals surface area (Å²) in [7, 11) is 0. The van der Waals surface area contributed by atoms with E-state index in [2.05, 4.69) is 9.97 Å². The van der Waals surface area contributed by atoms with Crippen LogP contribution in [0, 0.1) is 5.92 Å². The van der Waals surface area contributed by atoms with E-state index in [-0.39, 0.29) is 11.9 Å². The van der Waals surface area contributed by atoms with Crippen LogP contribution in [-0.2, 0) is 4.74 Å². The molecule has 2 aromatic heterocycles. The molecule has 0 N–H and O–H groups in total. The van der Waals surface area contributed by atoms with Gasteiger partial charge in [0.1, 0.15) is 5.52 Å². The van der Waals surface area contributed by atoms with E-state index in [1.54, 1.807) is 12.4 Å². The van der Waals surface area contributed by atoms with Gasteiger partial charge in [-0.15, -0.1) is 11.3 Å². The molecule has 2 aliphatic rings. The van der Waals surface area contributed by atoms with Crippen LogP contribution >= 0.6 is 11.3 Å². The second-order valence-corrected chi connectivity index (χ2v) is 6.80. The molecule has 1 unspecified atom stereocenters. The molecule has 110 valence electrons. The highest BCUT2D eigenvalue weighted by atomic mass is 32.1. The molecule has 2 aromatic rings. The van der Waals surface area contributed by atoms with Crippen molar-refractivity contribution >= 4 is 27.5 Å². The van der Waals surface area contributed by atoms with Crippen molar-refractivity contribution in [3.63, 3.8) is 0 Å². The average molecular weight is 303 g/mol. The maximum Gasteiger partial charge on any atom is 0.283 e. The van der Waals surface area contributed by atoms with Crippen molar-refractivity contribution in [2.45, 2.75) is 25.3 Å². The van der Waals surface area contributed by atoms with Gasteiger partial charge in [0.05, 0.1) is 30.2 Å². The Balaban J connectivity index is 1.58. The Morgan fingerprint density at radius 1 is 1.48 bits per heavy atom. The lowest BCUT2D eigenvalue weighted by Gasteiger charge is -2.35. The van der Waals surface area contributed by atoms with Crippen molar-refractivity contribution in [2.24, 2.45) is 5.92 Å². The molecule has 0 radical (unpaired) electrons. The summed E-state index contributed by atoms with van der Waals surface area (Å²) in [6, 6.07) is 2.12. The van der Waals surface area contributed by atoms with E-state index in [9.17, 15) is 4.79 Å². The first-order chi connectivity index (χ1) is 10.3. The Bertz CT molecular complexity index is 635. The zero-order valence-electron chi connectivity index (χ0n) is 11.7. The number of rotatable bonds is 3. The zero-order chi connectivity index (χ0) is 14.2. The molecule has 0 aromatic carbocycles. The average Bonchev–Trinajstić information content (AvgIpc) is 3.22. The van der Waals surface area contributed by atoms with E-state index >= 15 is 0 Å². The number of carbonyl (C=O) groups is 1. The molecular weight excluding hydrogens is 286 g/mol. The van der Waals surface area contributed by atoms with Crippen LogP contribution in [-0.4, -0.2) is 46.6 Å². The van der Waals surface area contributed by atoms with Crippen LogP contribution in [0.2, 0.25) is 0 Å². The lowest BCUT2D eigenvalue weighted by molar-refractivity contribution is -0.00569. The molecule has 1 atom stereocenters. The van der Waals surface area contributed by atoms with Gasteiger partial charge in [0.2, 0.25) is 0 Å². The number of hydrogen-bond donors (Lipinski definition) is 0. The lowest BCUT2D eigenvalue weighted by Crippen LogP contribution is -2.48. The second kappa shape index (κ2) is 5.35. The Morgan fingerprint density at radius 3 is 3.19 bits per heavy atom. The van der Waals surface area contributed by atoms with Crippen LogP contribution in [0.25, 0.3) is 10.2 Å². The molecule has 3 heterocycles. The lowest BCUT2D eigenvalue weighted by atomic mass is 10.1. The van der Waals surface area contributed by atoms with Gasteiger partial charge in [-0.25, -0.2) is 4.98 Å². The molecule has 5 nitrogen and oxygen atoms in total. The molecule has 0 bridgehead atoms. The van der Waals surface area contributed by atoms with Crippen molar-refractivity contribution < 1.29 is 9.53 Å². The van der Waals surface area contributed by atoms with E-state index in [1.807, 2.05) is 11.0 Å². The number of amides is 1. The highest BCUT2D eigenvalue weighted by molar-refractivity contribution is 7.20. The zero-order valence-corrected chi connectivity index (χ0v) is 12.5. The molecule has 1 aliphatic carbocycles. The van der Waals surface area contributed by atoms with Crippen molar-refractivity contribution in [1.82, 2.24) is 14.9 Å². The fraction of sp³-hybridized carbons (Fsp3) is 0.533. The van der Waals surface area contributed by atoms with Gasteiger partial charge in [-0.05, 0) is 18.4 Å². The predicted octanol–water partition coefficient (Wildman–Crippen LogP) is 2.33. The number of pyridine rings is 1. The van der Waals surface area contributed by atoms with Gasteiger partial charge in [-0.2, -0.15) is 0 Å². The van der Waals surface area contributed by atoms with Crippen molar-refractivity contribution in [3.05, 3.63) is 23.5 Å².